The fourth-order valence-electron chi connectivity index (χ4n) is 8.77. The highest BCUT2D eigenvalue weighted by Gasteiger charge is 2.72. The number of allylic oxidation sites excluding steroid dienone is 2. The first kappa shape index (κ1) is 28.0. The molecule has 0 unspecified atom stereocenters. The summed E-state index contributed by atoms with van der Waals surface area (Å²) in [5.41, 5.74) is 2.64. The Hall–Kier alpha value is -2.18. The summed E-state index contributed by atoms with van der Waals surface area (Å²) in [4.78, 5) is 26.8. The third-order valence-corrected chi connectivity index (χ3v) is 16.3. The summed E-state index contributed by atoms with van der Waals surface area (Å²) in [6, 6.07) is 8.66. The molecule has 1 aromatic carbocycles. The Morgan fingerprint density at radius 3 is 2.52 bits per heavy atom. The number of hydrogen-bond donors (Lipinski definition) is 0. The lowest BCUT2D eigenvalue weighted by molar-refractivity contribution is -0.202. The van der Waals surface area contributed by atoms with Crippen molar-refractivity contribution in [2.45, 2.75) is 110 Å². The maximum atomic E-state index is 13.6. The first-order chi connectivity index (χ1) is 18.6. The summed E-state index contributed by atoms with van der Waals surface area (Å²) in [6.07, 6.45) is 5.59. The van der Waals surface area contributed by atoms with Crippen LogP contribution in [0.3, 0.4) is 0 Å². The molecule has 2 heterocycles. The second kappa shape index (κ2) is 8.91. The number of ketones is 1. The van der Waals surface area contributed by atoms with Crippen LogP contribution in [0, 0.1) is 28.6 Å². The molecular formula is C34H46O5Si. The van der Waals surface area contributed by atoms with E-state index in [9.17, 15) is 9.59 Å². The van der Waals surface area contributed by atoms with Crippen LogP contribution in [0.4, 0.5) is 0 Å². The van der Waals surface area contributed by atoms with Crippen molar-refractivity contribution in [2.24, 2.45) is 28.6 Å². The summed E-state index contributed by atoms with van der Waals surface area (Å²) in [5.74, 6) is 1.24. The van der Waals surface area contributed by atoms with E-state index in [-0.39, 0.29) is 58.8 Å². The van der Waals surface area contributed by atoms with Gasteiger partial charge in [-0.15, -0.1) is 0 Å². The summed E-state index contributed by atoms with van der Waals surface area (Å²) in [6.45, 7) is 19.9. The third kappa shape index (κ3) is 3.74. The summed E-state index contributed by atoms with van der Waals surface area (Å²) in [5, 5.41) is 0.133. The zero-order valence-corrected chi connectivity index (χ0v) is 26.7. The molecule has 216 valence electrons. The number of esters is 1. The summed E-state index contributed by atoms with van der Waals surface area (Å²) < 4.78 is 19.8. The molecule has 1 aromatic rings. The van der Waals surface area contributed by atoms with Crippen LogP contribution in [0.1, 0.15) is 79.2 Å². The molecule has 2 saturated heterocycles. The van der Waals surface area contributed by atoms with Gasteiger partial charge < -0.3 is 13.9 Å². The first-order valence-corrected chi connectivity index (χ1v) is 18.1. The van der Waals surface area contributed by atoms with Crippen LogP contribution in [-0.2, 0) is 19.1 Å². The van der Waals surface area contributed by atoms with Gasteiger partial charge in [0.2, 0.25) is 8.32 Å². The highest BCUT2D eigenvalue weighted by Crippen LogP contribution is 2.65. The predicted octanol–water partition coefficient (Wildman–Crippen LogP) is 7.38. The van der Waals surface area contributed by atoms with Crippen LogP contribution in [0.2, 0.25) is 18.1 Å². The van der Waals surface area contributed by atoms with Crippen molar-refractivity contribution in [2.75, 3.05) is 0 Å². The van der Waals surface area contributed by atoms with Crippen LogP contribution in [0.5, 0.6) is 5.75 Å². The van der Waals surface area contributed by atoms with Gasteiger partial charge in [-0.05, 0) is 86.0 Å². The number of ether oxygens (including phenoxy) is 2. The average molecular weight is 563 g/mol. The molecule has 0 bridgehead atoms. The van der Waals surface area contributed by atoms with E-state index in [1.807, 2.05) is 6.92 Å². The van der Waals surface area contributed by atoms with Crippen LogP contribution < -0.4 is 4.43 Å². The van der Waals surface area contributed by atoms with Crippen molar-refractivity contribution in [3.8, 4) is 5.75 Å². The second-order valence-electron chi connectivity index (χ2n) is 15.0. The van der Waals surface area contributed by atoms with E-state index in [4.69, 9.17) is 13.9 Å². The molecule has 40 heavy (non-hydrogen) atoms. The normalized spacial score (nSPS) is 40.5. The lowest BCUT2D eigenvalue weighted by Gasteiger charge is -2.58. The molecule has 5 nitrogen and oxygen atoms in total. The molecule has 6 heteroatoms. The average Bonchev–Trinajstić information content (AvgIpc) is 3.34. The van der Waals surface area contributed by atoms with Crippen molar-refractivity contribution >= 4 is 20.1 Å². The van der Waals surface area contributed by atoms with E-state index in [2.05, 4.69) is 78.9 Å². The van der Waals surface area contributed by atoms with E-state index in [1.165, 1.54) is 16.7 Å². The maximum absolute atomic E-state index is 13.6. The van der Waals surface area contributed by atoms with Gasteiger partial charge in [-0.2, -0.15) is 0 Å². The van der Waals surface area contributed by atoms with Crippen molar-refractivity contribution in [3.63, 3.8) is 0 Å². The van der Waals surface area contributed by atoms with E-state index in [0.29, 0.717) is 0 Å². The van der Waals surface area contributed by atoms with Crippen molar-refractivity contribution in [1.82, 2.24) is 0 Å². The van der Waals surface area contributed by atoms with Crippen molar-refractivity contribution < 1.29 is 23.5 Å². The molecule has 1 saturated carbocycles. The van der Waals surface area contributed by atoms with Crippen LogP contribution in [0.15, 0.2) is 47.6 Å². The molecule has 0 radical (unpaired) electrons. The van der Waals surface area contributed by atoms with Gasteiger partial charge >= 0.3 is 5.97 Å². The Balaban J connectivity index is 1.33. The minimum Gasteiger partial charge on any atom is -0.543 e. The van der Waals surface area contributed by atoms with Crippen LogP contribution in [-0.4, -0.2) is 38.4 Å². The van der Waals surface area contributed by atoms with Gasteiger partial charge in [-0.3, -0.25) is 9.59 Å². The zero-order valence-electron chi connectivity index (χ0n) is 25.7. The highest BCUT2D eigenvalue weighted by atomic mass is 28.4. The molecule has 3 aliphatic carbocycles. The molecule has 0 spiro atoms. The molecule has 2 aliphatic heterocycles. The second-order valence-corrected chi connectivity index (χ2v) is 19.7. The molecule has 9 atom stereocenters. The third-order valence-electron chi connectivity index (χ3n) is 12.0. The number of hydrogen-bond acceptors (Lipinski definition) is 5. The zero-order chi connectivity index (χ0) is 29.0. The van der Waals surface area contributed by atoms with E-state index < -0.39 is 19.1 Å². The molecule has 3 fully saturated rings. The van der Waals surface area contributed by atoms with Gasteiger partial charge in [-0.1, -0.05) is 64.8 Å². The molecular weight excluding hydrogens is 516 g/mol. The number of rotatable bonds is 4. The van der Waals surface area contributed by atoms with Crippen LogP contribution >= 0.6 is 0 Å². The molecule has 0 N–H and O–H groups in total. The topological polar surface area (TPSA) is 61.8 Å². The fourth-order valence-corrected chi connectivity index (χ4v) is 9.79. The Morgan fingerprint density at radius 2 is 1.85 bits per heavy atom. The van der Waals surface area contributed by atoms with Gasteiger partial charge in [0.05, 0.1) is 17.6 Å². The SMILES string of the molecule is CC[C@H]1[C@@H]2CC3=C(C)[C@@H](c4cccc(O[Si](C)(C)C(C)(C)C)c4)C[C@H]3O[C@@H]2[C@@H]2OC(=O)[C@]3(C)C=CC(=O)[C@@]1(C)[C@@H]23. The fraction of sp³-hybridized carbons (Fsp3) is 0.647. The minimum atomic E-state index is -1.95. The van der Waals surface area contributed by atoms with Crippen molar-refractivity contribution in [1.29, 1.82) is 0 Å². The Labute approximate surface area is 240 Å². The molecule has 6 rings (SSSR count). The van der Waals surface area contributed by atoms with Gasteiger partial charge in [0.1, 0.15) is 11.9 Å². The Kier molecular flexibility index (Phi) is 6.23. The first-order valence-electron chi connectivity index (χ1n) is 15.2. The van der Waals surface area contributed by atoms with E-state index >= 15 is 0 Å². The number of fused-ring (bicyclic) bond motifs is 3. The molecule has 0 aromatic heterocycles. The number of carbonyl (C=O) groups is 2. The van der Waals surface area contributed by atoms with Gasteiger partial charge in [-0.25, -0.2) is 0 Å². The van der Waals surface area contributed by atoms with Gasteiger partial charge in [0.25, 0.3) is 0 Å². The number of carbonyl (C=O) groups excluding carboxylic acids is 2. The maximum Gasteiger partial charge on any atom is 0.316 e. The Bertz CT molecular complexity index is 1320. The quantitative estimate of drug-likeness (QED) is 0.218. The summed E-state index contributed by atoms with van der Waals surface area (Å²) in [7, 11) is -1.95. The van der Waals surface area contributed by atoms with Crippen molar-refractivity contribution in [3.05, 3.63) is 53.1 Å². The van der Waals surface area contributed by atoms with Crippen LogP contribution in [0.25, 0.3) is 0 Å². The highest BCUT2D eigenvalue weighted by molar-refractivity contribution is 6.74. The Morgan fingerprint density at radius 1 is 1.12 bits per heavy atom. The predicted molar refractivity (Wildman–Crippen MR) is 159 cm³/mol. The van der Waals surface area contributed by atoms with Gasteiger partial charge in [0.15, 0.2) is 5.78 Å². The largest absolute Gasteiger partial charge is 0.543 e. The monoisotopic (exact) mass is 562 g/mol. The molecule has 5 aliphatic rings. The minimum absolute atomic E-state index is 0.0125. The molecule has 0 amide bonds. The lowest BCUT2D eigenvalue weighted by Crippen LogP contribution is -2.64. The summed E-state index contributed by atoms with van der Waals surface area (Å²) >= 11 is 0. The van der Waals surface area contributed by atoms with Gasteiger partial charge in [0, 0.05) is 17.3 Å². The smallest absolute Gasteiger partial charge is 0.316 e. The van der Waals surface area contributed by atoms with E-state index in [1.54, 1.807) is 12.2 Å². The standard InChI is InChI=1S/C34H46O5Si/c1-10-25-24-17-23-19(2)22(20-12-11-13-21(16-20)39-40(8,9)32(3,4)5)18-26(23)37-28(24)29-30-33(6,31(36)38-29)15-14-27(35)34(25,30)7/h11-16,22,24-26,28-30H,10,17-18H2,1-9H3/t22-,24-,25-,26+,28-,29-,30-,33+,34-/m0/s1. The van der Waals surface area contributed by atoms with E-state index in [0.717, 1.165) is 25.0 Å². The lowest BCUT2D eigenvalue weighted by atomic mass is 9.45. The number of benzene rings is 1.